The lowest BCUT2D eigenvalue weighted by molar-refractivity contribution is -0.381. The van der Waals surface area contributed by atoms with Gasteiger partial charge in [-0.15, -0.1) is 0 Å². The molecule has 5 atom stereocenters. The zero-order chi connectivity index (χ0) is 32.1. The Morgan fingerprint density at radius 1 is 0.596 bits per heavy atom. The van der Waals surface area contributed by atoms with Gasteiger partial charge >= 0.3 is 0 Å². The molecule has 7 rings (SSSR count). The molecule has 1 fully saturated rings. The summed E-state index contributed by atoms with van der Waals surface area (Å²) in [5, 5.41) is 0. The van der Waals surface area contributed by atoms with Gasteiger partial charge in [-0.3, -0.25) is 0 Å². The quantitative estimate of drug-likeness (QED) is 0.147. The zero-order valence-electron chi connectivity index (χ0n) is 27.1. The second kappa shape index (κ2) is 14.3. The van der Waals surface area contributed by atoms with E-state index in [1.165, 1.54) is 16.7 Å². The third-order valence-corrected chi connectivity index (χ3v) is 9.18. The van der Waals surface area contributed by atoms with E-state index in [9.17, 15) is 0 Å². The molecule has 1 spiro atoms. The van der Waals surface area contributed by atoms with Crippen molar-refractivity contribution in [1.29, 1.82) is 0 Å². The Morgan fingerprint density at radius 2 is 1.13 bits per heavy atom. The van der Waals surface area contributed by atoms with E-state index in [1.54, 1.807) is 0 Å². The number of rotatable bonds is 11. The van der Waals surface area contributed by atoms with Gasteiger partial charge in [0.2, 0.25) is 5.79 Å². The van der Waals surface area contributed by atoms with Crippen LogP contribution in [0.4, 0.5) is 0 Å². The van der Waals surface area contributed by atoms with Crippen molar-refractivity contribution in [3.63, 3.8) is 0 Å². The van der Waals surface area contributed by atoms with Gasteiger partial charge in [-0.05, 0) is 59.7 Å². The highest BCUT2D eigenvalue weighted by Gasteiger charge is 2.60. The number of hydrogen-bond donors (Lipinski definition) is 0. The van der Waals surface area contributed by atoms with E-state index in [-0.39, 0.29) is 6.10 Å². The number of ether oxygens (including phenoxy) is 5. The van der Waals surface area contributed by atoms with Crippen molar-refractivity contribution in [2.75, 3.05) is 0 Å². The first kappa shape index (κ1) is 31.5. The van der Waals surface area contributed by atoms with Crippen LogP contribution in [0.15, 0.2) is 133 Å². The van der Waals surface area contributed by atoms with Crippen molar-refractivity contribution in [3.05, 3.63) is 178 Å². The number of fused-ring (bicyclic) bond motifs is 2. The Kier molecular flexibility index (Phi) is 9.61. The molecule has 5 aromatic carbocycles. The second-order valence-electron chi connectivity index (χ2n) is 12.7. The molecule has 0 saturated carbocycles. The Balaban J connectivity index is 1.26. The SMILES string of the molecule is Cc1ccc(Cc2ccc3c(c2)[C@]2(OC3)O[C@H](C)[C@@H](OCc3ccccc3)[C@H](OCc3ccccc3)[C@H]2OCc2ccccc2)cc1. The predicted molar refractivity (Wildman–Crippen MR) is 182 cm³/mol. The average molecular weight is 627 g/mol. The molecular formula is C42H42O5. The molecule has 47 heavy (non-hydrogen) atoms. The van der Waals surface area contributed by atoms with Crippen LogP contribution in [0.3, 0.4) is 0 Å². The molecule has 0 bridgehead atoms. The second-order valence-corrected chi connectivity index (χ2v) is 12.7. The summed E-state index contributed by atoms with van der Waals surface area (Å²) >= 11 is 0. The van der Waals surface area contributed by atoms with Gasteiger partial charge in [0.25, 0.3) is 0 Å². The van der Waals surface area contributed by atoms with Crippen molar-refractivity contribution in [1.82, 2.24) is 0 Å². The molecule has 2 aliphatic heterocycles. The molecule has 0 unspecified atom stereocenters. The molecule has 240 valence electrons. The molecule has 2 heterocycles. The number of benzene rings is 5. The topological polar surface area (TPSA) is 46.2 Å². The van der Waals surface area contributed by atoms with Gasteiger partial charge in [-0.1, -0.05) is 133 Å². The first-order valence-electron chi connectivity index (χ1n) is 16.5. The lowest BCUT2D eigenvalue weighted by Crippen LogP contribution is -2.64. The highest BCUT2D eigenvalue weighted by molar-refractivity contribution is 5.41. The van der Waals surface area contributed by atoms with Crippen LogP contribution in [0.25, 0.3) is 0 Å². The van der Waals surface area contributed by atoms with E-state index in [0.717, 1.165) is 34.2 Å². The number of hydrogen-bond acceptors (Lipinski definition) is 5. The van der Waals surface area contributed by atoms with E-state index in [1.807, 2.05) is 54.6 Å². The Labute approximate surface area is 278 Å². The Morgan fingerprint density at radius 3 is 1.72 bits per heavy atom. The fourth-order valence-corrected chi connectivity index (χ4v) is 6.70. The molecular weight excluding hydrogens is 584 g/mol. The summed E-state index contributed by atoms with van der Waals surface area (Å²) in [4.78, 5) is 0. The van der Waals surface area contributed by atoms with Crippen LogP contribution in [0.1, 0.15) is 51.4 Å². The van der Waals surface area contributed by atoms with Gasteiger partial charge in [0.05, 0.1) is 32.5 Å². The largest absolute Gasteiger partial charge is 0.368 e. The van der Waals surface area contributed by atoms with Crippen LogP contribution in [-0.2, 0) is 62.3 Å². The van der Waals surface area contributed by atoms with Crippen molar-refractivity contribution in [3.8, 4) is 0 Å². The molecule has 5 aromatic rings. The maximum absolute atomic E-state index is 7.01. The predicted octanol–water partition coefficient (Wildman–Crippen LogP) is 8.44. The lowest BCUT2D eigenvalue weighted by Gasteiger charge is -2.50. The summed E-state index contributed by atoms with van der Waals surface area (Å²) in [6.45, 7) is 5.82. The normalized spacial score (nSPS) is 23.5. The maximum atomic E-state index is 7.01. The average Bonchev–Trinajstić information content (AvgIpc) is 3.46. The third-order valence-electron chi connectivity index (χ3n) is 9.18. The zero-order valence-corrected chi connectivity index (χ0v) is 27.1. The third kappa shape index (κ3) is 7.10. The summed E-state index contributed by atoms with van der Waals surface area (Å²) in [5.41, 5.74) is 9.05. The van der Waals surface area contributed by atoms with E-state index >= 15 is 0 Å². The van der Waals surface area contributed by atoms with Gasteiger partial charge < -0.3 is 23.7 Å². The van der Waals surface area contributed by atoms with Crippen molar-refractivity contribution >= 4 is 0 Å². The lowest BCUT2D eigenvalue weighted by atomic mass is 9.86. The first-order valence-corrected chi connectivity index (χ1v) is 16.5. The Bertz CT molecular complexity index is 1720. The molecule has 0 aromatic heterocycles. The van der Waals surface area contributed by atoms with E-state index in [2.05, 4.69) is 92.7 Å². The summed E-state index contributed by atoms with van der Waals surface area (Å²) in [6.07, 6.45) is -1.04. The monoisotopic (exact) mass is 626 g/mol. The van der Waals surface area contributed by atoms with Gasteiger partial charge in [0, 0.05) is 5.56 Å². The molecule has 5 heteroatoms. The minimum atomic E-state index is -1.17. The molecule has 0 N–H and O–H groups in total. The van der Waals surface area contributed by atoms with Crippen LogP contribution in [0, 0.1) is 6.92 Å². The molecule has 0 radical (unpaired) electrons. The molecule has 1 saturated heterocycles. The highest BCUT2D eigenvalue weighted by atomic mass is 16.7. The van der Waals surface area contributed by atoms with Crippen LogP contribution in [0.5, 0.6) is 0 Å². The van der Waals surface area contributed by atoms with Gasteiger partial charge in [-0.2, -0.15) is 0 Å². The highest BCUT2D eigenvalue weighted by Crippen LogP contribution is 2.49. The summed E-state index contributed by atoms with van der Waals surface area (Å²) in [7, 11) is 0. The fourth-order valence-electron chi connectivity index (χ4n) is 6.70. The first-order chi connectivity index (χ1) is 23.1. The van der Waals surface area contributed by atoms with Gasteiger partial charge in [0.15, 0.2) is 0 Å². The van der Waals surface area contributed by atoms with E-state index in [0.29, 0.717) is 26.4 Å². The van der Waals surface area contributed by atoms with E-state index < -0.39 is 24.1 Å². The van der Waals surface area contributed by atoms with Crippen LogP contribution in [0.2, 0.25) is 0 Å². The minimum absolute atomic E-state index is 0.345. The summed E-state index contributed by atoms with van der Waals surface area (Å²) < 4.78 is 34.2. The van der Waals surface area contributed by atoms with Crippen LogP contribution < -0.4 is 0 Å². The molecule has 5 nitrogen and oxygen atoms in total. The fraction of sp³-hybridized carbons (Fsp3) is 0.286. The van der Waals surface area contributed by atoms with Crippen molar-refractivity contribution < 1.29 is 23.7 Å². The van der Waals surface area contributed by atoms with Gasteiger partial charge in [0.1, 0.15) is 18.3 Å². The number of aryl methyl sites for hydroxylation is 1. The van der Waals surface area contributed by atoms with Crippen LogP contribution >= 0.6 is 0 Å². The summed E-state index contributed by atoms with van der Waals surface area (Å²) in [5.74, 6) is -1.17. The molecule has 0 amide bonds. The van der Waals surface area contributed by atoms with Gasteiger partial charge in [-0.25, -0.2) is 0 Å². The molecule has 0 aliphatic carbocycles. The van der Waals surface area contributed by atoms with Crippen molar-refractivity contribution in [2.24, 2.45) is 0 Å². The van der Waals surface area contributed by atoms with Crippen molar-refractivity contribution in [2.45, 2.75) is 76.9 Å². The Hall–Kier alpha value is -4.10. The molecule has 2 aliphatic rings. The smallest absolute Gasteiger partial charge is 0.225 e. The van der Waals surface area contributed by atoms with E-state index in [4.69, 9.17) is 23.7 Å². The maximum Gasteiger partial charge on any atom is 0.225 e. The summed E-state index contributed by atoms with van der Waals surface area (Å²) in [6, 6.07) is 46.0. The van der Waals surface area contributed by atoms with Crippen LogP contribution in [-0.4, -0.2) is 24.4 Å². The minimum Gasteiger partial charge on any atom is -0.368 e. The standard InChI is InChI=1S/C42H42O5/c1-30-18-20-32(21-19-30)24-36-22-23-37-29-46-42(38(37)25-36)41(45-28-35-16-10-5-11-17-35)40(44-27-34-14-8-4-9-15-34)39(31(2)47-42)43-26-33-12-6-3-7-13-33/h3-23,25,31,39-41H,24,26-29H2,1-2H3/t31-,39-,40+,41-,42+/m1/s1.